The Kier molecular flexibility index (Phi) is 14.7. The van der Waals surface area contributed by atoms with E-state index in [0.717, 1.165) is 94.1 Å². The molecule has 2 atom stereocenters. The van der Waals surface area contributed by atoms with Crippen LogP contribution in [0.15, 0.2) is 114 Å². The van der Waals surface area contributed by atoms with E-state index in [-0.39, 0.29) is 34.4 Å². The average molecular weight is 1040 g/mol. The molecule has 0 radical (unpaired) electrons. The first-order valence-electron chi connectivity index (χ1n) is 26.5. The van der Waals surface area contributed by atoms with Gasteiger partial charge < -0.3 is 29.8 Å². The van der Waals surface area contributed by atoms with Gasteiger partial charge >= 0.3 is 0 Å². The van der Waals surface area contributed by atoms with Crippen LogP contribution < -0.4 is 24.4 Å². The molecule has 1 spiro atoms. The highest BCUT2D eigenvalue weighted by molar-refractivity contribution is 7.90. The zero-order valence-corrected chi connectivity index (χ0v) is 44.4. The molecule has 4 aliphatic rings. The number of benzene rings is 4. The third kappa shape index (κ3) is 11.4. The molecule has 396 valence electrons. The molecule has 75 heavy (non-hydrogen) atoms. The van der Waals surface area contributed by atoms with Gasteiger partial charge in [0.2, 0.25) is 0 Å². The molecule has 6 aromatic rings. The lowest BCUT2D eigenvalue weighted by atomic mass is 9.59. The monoisotopic (exact) mass is 1040 g/mol. The molecule has 10 rings (SSSR count). The first-order valence-corrected chi connectivity index (χ1v) is 28.0. The van der Waals surface area contributed by atoms with Crippen LogP contribution in [0.1, 0.15) is 118 Å². The largest absolute Gasteiger partial charge is 0.497 e. The fourth-order valence-electron chi connectivity index (χ4n) is 12.1. The highest BCUT2D eigenvalue weighted by atomic mass is 32.2. The number of methoxy groups -OCH3 is 1. The van der Waals surface area contributed by atoms with Gasteiger partial charge in [0.25, 0.3) is 21.6 Å². The molecule has 2 saturated heterocycles. The van der Waals surface area contributed by atoms with Gasteiger partial charge in [-0.2, -0.15) is 0 Å². The Morgan fingerprint density at radius 1 is 0.947 bits per heavy atom. The SMILES string of the molecule is COc1ccc(CN2CC(c3ccccc3C(C)C)N(C3CC4(CCN(c5ccc(C(=O)NS(=O)(=O)c6ccc(NCC7CCC(C)(O)CC7)c([N+](=O)[O-])c6)c(Oc6cnc7[nH]ccc7c6)c5)CC4)C3)CC2C)cc1. The minimum atomic E-state index is -4.59. The van der Waals surface area contributed by atoms with Crippen LogP contribution in [0, 0.1) is 21.4 Å². The van der Waals surface area contributed by atoms with Crippen LogP contribution >= 0.6 is 0 Å². The van der Waals surface area contributed by atoms with Crippen molar-refractivity contribution in [3.63, 3.8) is 0 Å². The molecule has 4 fully saturated rings. The number of nitro groups is 1. The molecule has 2 aromatic heterocycles. The lowest BCUT2D eigenvalue weighted by Gasteiger charge is -2.59. The summed E-state index contributed by atoms with van der Waals surface area (Å²) in [6.45, 7) is 13.6. The van der Waals surface area contributed by atoms with Crippen molar-refractivity contribution >= 4 is 44.0 Å². The Morgan fingerprint density at radius 2 is 1.69 bits per heavy atom. The van der Waals surface area contributed by atoms with E-state index in [1.54, 1.807) is 37.7 Å². The van der Waals surface area contributed by atoms with E-state index in [0.29, 0.717) is 48.8 Å². The summed E-state index contributed by atoms with van der Waals surface area (Å²) in [4.78, 5) is 40.6. The number of aliphatic hydroxyl groups is 1. The molecule has 2 aliphatic heterocycles. The maximum absolute atomic E-state index is 14.1. The summed E-state index contributed by atoms with van der Waals surface area (Å²) >= 11 is 0. The van der Waals surface area contributed by atoms with Gasteiger partial charge in [0, 0.05) is 86.8 Å². The summed E-state index contributed by atoms with van der Waals surface area (Å²) in [6.07, 6.45) is 10.4. The van der Waals surface area contributed by atoms with Crippen LogP contribution in [-0.4, -0.2) is 102 Å². The predicted molar refractivity (Wildman–Crippen MR) is 291 cm³/mol. The number of sulfonamides is 1. The van der Waals surface area contributed by atoms with Crippen LogP contribution in [-0.2, 0) is 16.6 Å². The van der Waals surface area contributed by atoms with Gasteiger partial charge in [0.1, 0.15) is 28.6 Å². The summed E-state index contributed by atoms with van der Waals surface area (Å²) in [5.41, 5.74) is 4.85. The second-order valence-electron chi connectivity index (χ2n) is 22.2. The van der Waals surface area contributed by atoms with Crippen molar-refractivity contribution in [1.29, 1.82) is 0 Å². The Morgan fingerprint density at radius 3 is 2.41 bits per heavy atom. The molecule has 2 unspecified atom stereocenters. The zero-order chi connectivity index (χ0) is 52.6. The number of nitrogens with one attached hydrogen (secondary N) is 3. The molecular weight excluding hydrogens is 969 g/mol. The Bertz CT molecular complexity index is 3140. The number of fused-ring (bicyclic) bond motifs is 1. The number of anilines is 2. The number of amides is 1. The first kappa shape index (κ1) is 51.9. The number of carbonyl (C=O) groups excluding carboxylic acids is 1. The molecule has 0 bridgehead atoms. The molecule has 2 saturated carbocycles. The number of aromatic nitrogens is 2. The minimum absolute atomic E-state index is 0.0297. The maximum Gasteiger partial charge on any atom is 0.293 e. The fourth-order valence-corrected chi connectivity index (χ4v) is 13.1. The van der Waals surface area contributed by atoms with Gasteiger partial charge in [0.15, 0.2) is 0 Å². The standard InChI is InChI=1S/C58H70N8O8S/c1-38(2)48-8-6-7-9-49(48)53-37-64(36-41-10-13-45(73-5)14-11-41)39(3)35-65(53)44-31-58(32-44)23-26-63(27-24-58)43-12-16-50(54(29-43)74-46-28-42-20-25-59-55(42)61-34-46)56(67)62-75(71,72)47-15-17-51(52(30-47)66(69)70)60-33-40-18-21-57(4,68)22-19-40/h6-17,20,25,28-30,34,38-40,44,53,60,68H,18-19,21-24,26-27,31-33,35-37H2,1-5H3,(H,59,61)(H,62,67). The Hall–Kier alpha value is -6.53. The lowest BCUT2D eigenvalue weighted by Crippen LogP contribution is -2.61. The van der Waals surface area contributed by atoms with E-state index in [1.807, 2.05) is 31.2 Å². The van der Waals surface area contributed by atoms with Gasteiger partial charge in [0.05, 0.1) is 34.3 Å². The van der Waals surface area contributed by atoms with Crippen molar-refractivity contribution in [3.8, 4) is 17.2 Å². The quantitative estimate of drug-likeness (QED) is 0.0529. The zero-order valence-electron chi connectivity index (χ0n) is 43.6. The molecule has 4 aromatic carbocycles. The Labute approximate surface area is 440 Å². The van der Waals surface area contributed by atoms with Gasteiger partial charge in [-0.05, 0) is 148 Å². The van der Waals surface area contributed by atoms with Gasteiger partial charge in [-0.25, -0.2) is 18.1 Å². The van der Waals surface area contributed by atoms with Crippen molar-refractivity contribution in [2.24, 2.45) is 11.3 Å². The van der Waals surface area contributed by atoms with Crippen LogP contribution in [0.4, 0.5) is 17.1 Å². The van der Waals surface area contributed by atoms with E-state index >= 15 is 0 Å². The lowest BCUT2D eigenvalue weighted by molar-refractivity contribution is -0.384. The highest BCUT2D eigenvalue weighted by Gasteiger charge is 2.51. The number of hydrogen-bond donors (Lipinski definition) is 4. The number of nitrogens with zero attached hydrogens (tertiary/aromatic N) is 5. The number of hydrogen-bond acceptors (Lipinski definition) is 13. The molecule has 17 heteroatoms. The van der Waals surface area contributed by atoms with Gasteiger partial charge in [-0.3, -0.25) is 24.7 Å². The molecule has 2 aliphatic carbocycles. The van der Waals surface area contributed by atoms with E-state index in [2.05, 4.69) is 91.9 Å². The van der Waals surface area contributed by atoms with Crippen molar-refractivity contribution in [1.82, 2.24) is 24.5 Å². The molecule has 4 heterocycles. The van der Waals surface area contributed by atoms with Crippen LogP contribution in [0.2, 0.25) is 0 Å². The highest BCUT2D eigenvalue weighted by Crippen LogP contribution is 2.54. The maximum atomic E-state index is 14.1. The summed E-state index contributed by atoms with van der Waals surface area (Å²) < 4.78 is 41.7. The summed E-state index contributed by atoms with van der Waals surface area (Å²) in [5, 5.41) is 26.5. The molecule has 4 N–H and O–H groups in total. The van der Waals surface area contributed by atoms with Crippen LogP contribution in [0.5, 0.6) is 17.2 Å². The summed E-state index contributed by atoms with van der Waals surface area (Å²) in [6, 6.07) is 31.0. The number of carbonyl (C=O) groups is 1. The number of rotatable bonds is 16. The summed E-state index contributed by atoms with van der Waals surface area (Å²) in [7, 11) is -2.89. The fraction of sp³-hybridized carbons (Fsp3) is 0.448. The van der Waals surface area contributed by atoms with Crippen molar-refractivity contribution < 1.29 is 32.7 Å². The van der Waals surface area contributed by atoms with Crippen LogP contribution in [0.25, 0.3) is 11.0 Å². The van der Waals surface area contributed by atoms with E-state index in [1.165, 1.54) is 28.8 Å². The van der Waals surface area contributed by atoms with E-state index < -0.39 is 37.0 Å². The van der Waals surface area contributed by atoms with Crippen molar-refractivity contribution in [2.75, 3.05) is 50.1 Å². The van der Waals surface area contributed by atoms with Crippen molar-refractivity contribution in [3.05, 3.63) is 142 Å². The number of aromatic amines is 1. The number of nitro benzene ring substituents is 1. The Balaban J connectivity index is 0.837. The topological polar surface area (TPSA) is 195 Å². The number of H-pyrrole nitrogens is 1. The molecule has 16 nitrogen and oxygen atoms in total. The number of piperidine rings is 1. The normalized spacial score (nSPS) is 22.5. The number of pyridine rings is 1. The second kappa shape index (κ2) is 21.2. The van der Waals surface area contributed by atoms with Gasteiger partial charge in [-0.15, -0.1) is 0 Å². The van der Waals surface area contributed by atoms with E-state index in [4.69, 9.17) is 9.47 Å². The predicted octanol–water partition coefficient (Wildman–Crippen LogP) is 10.6. The van der Waals surface area contributed by atoms with Crippen LogP contribution in [0.3, 0.4) is 0 Å². The molecule has 1 amide bonds. The third-order valence-electron chi connectivity index (χ3n) is 16.7. The molecular formula is C58H70N8O8S. The minimum Gasteiger partial charge on any atom is -0.497 e. The average Bonchev–Trinajstić information content (AvgIpc) is 3.87. The van der Waals surface area contributed by atoms with Gasteiger partial charge in [-0.1, -0.05) is 50.2 Å². The third-order valence-corrected chi connectivity index (χ3v) is 18.0. The smallest absolute Gasteiger partial charge is 0.293 e. The van der Waals surface area contributed by atoms with E-state index in [9.17, 15) is 28.4 Å². The number of piperazine rings is 1. The first-order chi connectivity index (χ1) is 35.9. The van der Waals surface area contributed by atoms with Crippen molar-refractivity contribution in [2.45, 2.75) is 120 Å². The second-order valence-corrected chi connectivity index (χ2v) is 23.9. The summed E-state index contributed by atoms with van der Waals surface area (Å²) in [5.74, 6) is 1.02. The number of ether oxygens (including phenoxy) is 2.